The molecule has 6 nitrogen and oxygen atoms in total. The Kier molecular flexibility index (Phi) is 7.55. The van der Waals surface area contributed by atoms with Crippen molar-refractivity contribution in [2.45, 2.75) is 18.2 Å². The lowest BCUT2D eigenvalue weighted by Gasteiger charge is -2.07. The Morgan fingerprint density at radius 1 is 1.33 bits per heavy atom. The van der Waals surface area contributed by atoms with Crippen molar-refractivity contribution in [3.8, 4) is 0 Å². The molecule has 0 fully saturated rings. The van der Waals surface area contributed by atoms with Gasteiger partial charge in [-0.1, -0.05) is 12.1 Å². The lowest BCUT2D eigenvalue weighted by molar-refractivity contribution is -0.120. The van der Waals surface area contributed by atoms with E-state index in [9.17, 15) is 13.2 Å². The molecule has 0 unspecified atom stereocenters. The first-order chi connectivity index (χ1) is 9.94. The minimum absolute atomic E-state index is 0.0125. The van der Waals surface area contributed by atoms with Crippen LogP contribution in [0.15, 0.2) is 29.2 Å². The standard InChI is InChI=1S/C13H21N3O3S2/c1-2-15-13(17)7-8-16-21(18,19)10-9-20-12-6-4-3-5-11(12)14/h3-6,16H,2,7-10,14H2,1H3,(H,15,17). The summed E-state index contributed by atoms with van der Waals surface area (Å²) in [6.45, 7) is 2.47. The van der Waals surface area contributed by atoms with E-state index in [1.54, 1.807) is 6.07 Å². The van der Waals surface area contributed by atoms with E-state index in [2.05, 4.69) is 10.0 Å². The van der Waals surface area contributed by atoms with E-state index in [-0.39, 0.29) is 24.6 Å². The van der Waals surface area contributed by atoms with Crippen LogP contribution in [-0.4, -0.2) is 38.9 Å². The van der Waals surface area contributed by atoms with Crippen molar-refractivity contribution in [3.63, 3.8) is 0 Å². The Labute approximate surface area is 129 Å². The largest absolute Gasteiger partial charge is 0.398 e. The lowest BCUT2D eigenvalue weighted by atomic mass is 10.3. The molecule has 118 valence electrons. The van der Waals surface area contributed by atoms with Gasteiger partial charge in [0.15, 0.2) is 0 Å². The molecule has 0 aliphatic carbocycles. The van der Waals surface area contributed by atoms with Crippen LogP contribution >= 0.6 is 11.8 Å². The van der Waals surface area contributed by atoms with Gasteiger partial charge in [0.2, 0.25) is 15.9 Å². The molecule has 0 radical (unpaired) electrons. The summed E-state index contributed by atoms with van der Waals surface area (Å²) in [6.07, 6.45) is 0.145. The van der Waals surface area contributed by atoms with Crippen LogP contribution in [0.3, 0.4) is 0 Å². The molecule has 8 heteroatoms. The highest BCUT2D eigenvalue weighted by atomic mass is 32.2. The zero-order chi connectivity index (χ0) is 15.7. The van der Waals surface area contributed by atoms with E-state index < -0.39 is 10.0 Å². The maximum absolute atomic E-state index is 11.8. The molecular weight excluding hydrogens is 310 g/mol. The first-order valence-electron chi connectivity index (χ1n) is 6.66. The van der Waals surface area contributed by atoms with Crippen LogP contribution in [0.4, 0.5) is 5.69 Å². The van der Waals surface area contributed by atoms with Crippen molar-refractivity contribution in [2.75, 3.05) is 30.3 Å². The fourth-order valence-electron chi connectivity index (χ4n) is 1.55. The van der Waals surface area contributed by atoms with Gasteiger partial charge in [0.1, 0.15) is 0 Å². The number of hydrogen-bond acceptors (Lipinski definition) is 5. The first-order valence-corrected chi connectivity index (χ1v) is 9.29. The smallest absolute Gasteiger partial charge is 0.221 e. The van der Waals surface area contributed by atoms with E-state index in [0.29, 0.717) is 18.0 Å². The normalized spacial score (nSPS) is 11.3. The number of nitrogens with one attached hydrogen (secondary N) is 2. The molecule has 0 aromatic heterocycles. The SMILES string of the molecule is CCNC(=O)CCNS(=O)(=O)CCSc1ccccc1N. The molecule has 0 aliphatic heterocycles. The number of anilines is 1. The van der Waals surface area contributed by atoms with E-state index in [1.807, 2.05) is 25.1 Å². The van der Waals surface area contributed by atoms with E-state index in [0.717, 1.165) is 4.90 Å². The molecule has 0 heterocycles. The molecule has 1 amide bonds. The fourth-order valence-corrected chi connectivity index (χ4v) is 3.95. The van der Waals surface area contributed by atoms with Gasteiger partial charge in [0, 0.05) is 35.8 Å². The zero-order valence-corrected chi connectivity index (χ0v) is 13.6. The van der Waals surface area contributed by atoms with Gasteiger partial charge in [-0.3, -0.25) is 4.79 Å². The van der Waals surface area contributed by atoms with Gasteiger partial charge in [0.25, 0.3) is 0 Å². The number of rotatable bonds is 9. The van der Waals surface area contributed by atoms with Crippen LogP contribution in [-0.2, 0) is 14.8 Å². The van der Waals surface area contributed by atoms with Crippen LogP contribution < -0.4 is 15.8 Å². The maximum atomic E-state index is 11.8. The Balaban J connectivity index is 2.30. The van der Waals surface area contributed by atoms with Crippen molar-refractivity contribution >= 4 is 33.4 Å². The van der Waals surface area contributed by atoms with Gasteiger partial charge in [-0.15, -0.1) is 11.8 Å². The highest BCUT2D eigenvalue weighted by molar-refractivity contribution is 8.00. The third-order valence-corrected chi connectivity index (χ3v) is 5.31. The van der Waals surface area contributed by atoms with Gasteiger partial charge in [-0.05, 0) is 19.1 Å². The summed E-state index contributed by atoms with van der Waals surface area (Å²) < 4.78 is 25.9. The molecule has 0 spiro atoms. The summed E-state index contributed by atoms with van der Waals surface area (Å²) in [5.74, 6) is 0.234. The molecular formula is C13H21N3O3S2. The summed E-state index contributed by atoms with van der Waals surface area (Å²) >= 11 is 1.40. The highest BCUT2D eigenvalue weighted by Crippen LogP contribution is 2.24. The van der Waals surface area contributed by atoms with Crippen molar-refractivity contribution in [1.29, 1.82) is 0 Å². The second kappa shape index (κ2) is 8.91. The second-order valence-electron chi connectivity index (χ2n) is 4.30. The molecule has 1 aromatic rings. The van der Waals surface area contributed by atoms with Crippen molar-refractivity contribution < 1.29 is 13.2 Å². The Bertz CT molecular complexity index is 562. The van der Waals surface area contributed by atoms with Gasteiger partial charge in [-0.25, -0.2) is 13.1 Å². The summed E-state index contributed by atoms with van der Waals surface area (Å²) in [4.78, 5) is 12.1. The molecule has 21 heavy (non-hydrogen) atoms. The Morgan fingerprint density at radius 2 is 2.05 bits per heavy atom. The molecule has 0 saturated heterocycles. The van der Waals surface area contributed by atoms with Gasteiger partial charge >= 0.3 is 0 Å². The quantitative estimate of drug-likeness (QED) is 0.459. The van der Waals surface area contributed by atoms with E-state index in [4.69, 9.17) is 5.73 Å². The molecule has 1 rings (SSSR count). The Hall–Kier alpha value is -1.25. The number of nitrogen functional groups attached to an aromatic ring is 1. The molecule has 0 aliphatic rings. The zero-order valence-electron chi connectivity index (χ0n) is 12.0. The first kappa shape index (κ1) is 17.8. The predicted octanol–water partition coefficient (Wildman–Crippen LogP) is 0.806. The molecule has 0 bridgehead atoms. The van der Waals surface area contributed by atoms with Gasteiger partial charge in [0.05, 0.1) is 5.75 Å². The minimum atomic E-state index is -3.37. The number of para-hydroxylation sites is 1. The predicted molar refractivity (Wildman–Crippen MR) is 86.7 cm³/mol. The van der Waals surface area contributed by atoms with Crippen LogP contribution in [0.2, 0.25) is 0 Å². The third kappa shape index (κ3) is 7.35. The molecule has 0 saturated carbocycles. The number of nitrogens with two attached hydrogens (primary N) is 1. The highest BCUT2D eigenvalue weighted by Gasteiger charge is 2.11. The lowest BCUT2D eigenvalue weighted by Crippen LogP contribution is -2.32. The number of carbonyl (C=O) groups is 1. The van der Waals surface area contributed by atoms with E-state index in [1.165, 1.54) is 11.8 Å². The van der Waals surface area contributed by atoms with Crippen molar-refractivity contribution in [3.05, 3.63) is 24.3 Å². The van der Waals surface area contributed by atoms with Crippen molar-refractivity contribution in [2.24, 2.45) is 0 Å². The number of hydrogen-bond donors (Lipinski definition) is 3. The topological polar surface area (TPSA) is 101 Å². The number of carbonyl (C=O) groups excluding carboxylic acids is 1. The number of benzene rings is 1. The molecule has 4 N–H and O–H groups in total. The summed E-state index contributed by atoms with van der Waals surface area (Å²) in [5.41, 5.74) is 6.42. The molecule has 0 atom stereocenters. The van der Waals surface area contributed by atoms with Crippen LogP contribution in [0.1, 0.15) is 13.3 Å². The fraction of sp³-hybridized carbons (Fsp3) is 0.462. The number of amides is 1. The van der Waals surface area contributed by atoms with E-state index >= 15 is 0 Å². The average molecular weight is 331 g/mol. The van der Waals surface area contributed by atoms with Crippen LogP contribution in [0.25, 0.3) is 0 Å². The summed E-state index contributed by atoms with van der Waals surface area (Å²) in [5, 5.41) is 2.61. The Morgan fingerprint density at radius 3 is 2.71 bits per heavy atom. The number of thioether (sulfide) groups is 1. The average Bonchev–Trinajstić information content (AvgIpc) is 2.41. The number of sulfonamides is 1. The van der Waals surface area contributed by atoms with Crippen LogP contribution in [0.5, 0.6) is 0 Å². The summed E-state index contributed by atoms with van der Waals surface area (Å²) in [7, 11) is -3.37. The van der Waals surface area contributed by atoms with Gasteiger partial charge in [-0.2, -0.15) is 0 Å². The summed E-state index contributed by atoms with van der Waals surface area (Å²) in [6, 6.07) is 7.33. The van der Waals surface area contributed by atoms with Gasteiger partial charge < -0.3 is 11.1 Å². The minimum Gasteiger partial charge on any atom is -0.398 e. The van der Waals surface area contributed by atoms with Crippen LogP contribution in [0, 0.1) is 0 Å². The second-order valence-corrected chi connectivity index (χ2v) is 7.37. The monoisotopic (exact) mass is 331 g/mol. The van der Waals surface area contributed by atoms with Crippen molar-refractivity contribution in [1.82, 2.24) is 10.0 Å². The molecule has 1 aromatic carbocycles. The third-order valence-electron chi connectivity index (χ3n) is 2.58. The maximum Gasteiger partial charge on any atom is 0.221 e.